The van der Waals surface area contributed by atoms with Gasteiger partial charge in [-0.25, -0.2) is 0 Å². The predicted molar refractivity (Wildman–Crippen MR) is 90.7 cm³/mol. The molecule has 1 unspecified atom stereocenters. The zero-order chi connectivity index (χ0) is 16.0. The second-order valence-corrected chi connectivity index (χ2v) is 6.72. The van der Waals surface area contributed by atoms with Crippen LogP contribution in [0.15, 0.2) is 24.3 Å². The Bertz CT molecular complexity index is 438. The van der Waals surface area contributed by atoms with Gasteiger partial charge in [-0.2, -0.15) is 0 Å². The third-order valence-corrected chi connectivity index (χ3v) is 4.13. The number of likely N-dealkylation sites (N-methyl/N-ethyl adjacent to an activating group) is 1. The van der Waals surface area contributed by atoms with Crippen LogP contribution in [-0.4, -0.2) is 23.9 Å². The summed E-state index contributed by atoms with van der Waals surface area (Å²) < 4.78 is 0. The molecule has 2 nitrogen and oxygen atoms in total. The molecule has 0 saturated heterocycles. The van der Waals surface area contributed by atoms with Crippen LogP contribution in [0.3, 0.4) is 0 Å². The van der Waals surface area contributed by atoms with Crippen LogP contribution >= 0.6 is 0 Å². The van der Waals surface area contributed by atoms with E-state index >= 15 is 0 Å². The van der Waals surface area contributed by atoms with E-state index in [9.17, 15) is 4.79 Å². The van der Waals surface area contributed by atoms with Gasteiger partial charge in [0.25, 0.3) is 0 Å². The Kier molecular flexibility index (Phi) is 6.44. The van der Waals surface area contributed by atoms with E-state index < -0.39 is 0 Å². The van der Waals surface area contributed by atoms with Crippen LogP contribution in [0.25, 0.3) is 0 Å². The Morgan fingerprint density at radius 2 is 1.57 bits per heavy atom. The second-order valence-electron chi connectivity index (χ2n) is 6.72. The zero-order valence-electron chi connectivity index (χ0n) is 14.6. The maximum atomic E-state index is 12.7. The first kappa shape index (κ1) is 17.7. The average Bonchev–Trinajstić information content (AvgIpc) is 2.45. The summed E-state index contributed by atoms with van der Waals surface area (Å²) in [5.41, 5.74) is 2.63. The quantitative estimate of drug-likeness (QED) is 0.741. The molecule has 1 rings (SSSR count). The molecular weight excluding hydrogens is 258 g/mol. The molecule has 1 aromatic carbocycles. The number of hydrogen-bond acceptors (Lipinski definition) is 1. The molecule has 0 spiro atoms. The Balaban J connectivity index is 3.03. The van der Waals surface area contributed by atoms with Crippen LogP contribution in [0.4, 0.5) is 0 Å². The third kappa shape index (κ3) is 4.59. The maximum absolute atomic E-state index is 12.7. The van der Waals surface area contributed by atoms with Crippen LogP contribution in [-0.2, 0) is 10.2 Å². The van der Waals surface area contributed by atoms with E-state index in [0.717, 1.165) is 31.5 Å². The van der Waals surface area contributed by atoms with Crippen molar-refractivity contribution < 1.29 is 4.79 Å². The second kappa shape index (κ2) is 7.63. The first-order valence-electron chi connectivity index (χ1n) is 8.24. The Morgan fingerprint density at radius 3 is 1.95 bits per heavy atom. The Labute approximate surface area is 130 Å². The number of carbonyl (C=O) groups excluding carboxylic acids is 1. The van der Waals surface area contributed by atoms with Crippen LogP contribution in [0.2, 0.25) is 0 Å². The van der Waals surface area contributed by atoms with Gasteiger partial charge in [0.1, 0.15) is 0 Å². The molecule has 0 aliphatic rings. The SMILES string of the molecule is CCCC(C(=O)N(CC)CC)c1ccc(C(C)(C)C)cc1. The summed E-state index contributed by atoms with van der Waals surface area (Å²) in [4.78, 5) is 14.6. The van der Waals surface area contributed by atoms with Crippen molar-refractivity contribution in [1.29, 1.82) is 0 Å². The van der Waals surface area contributed by atoms with Crippen LogP contribution in [0.5, 0.6) is 0 Å². The van der Waals surface area contributed by atoms with Gasteiger partial charge in [0.15, 0.2) is 0 Å². The van der Waals surface area contributed by atoms with Gasteiger partial charge in [0.2, 0.25) is 5.91 Å². The lowest BCUT2D eigenvalue weighted by atomic mass is 9.84. The minimum absolute atomic E-state index is 0.00363. The molecule has 0 N–H and O–H groups in total. The Morgan fingerprint density at radius 1 is 1.05 bits per heavy atom. The van der Waals surface area contributed by atoms with E-state index in [1.54, 1.807) is 0 Å². The largest absolute Gasteiger partial charge is 0.343 e. The van der Waals surface area contributed by atoms with E-state index in [-0.39, 0.29) is 17.2 Å². The fourth-order valence-electron chi connectivity index (χ4n) is 2.69. The van der Waals surface area contributed by atoms with Crippen LogP contribution in [0, 0.1) is 0 Å². The summed E-state index contributed by atoms with van der Waals surface area (Å²) in [6, 6.07) is 8.63. The lowest BCUT2D eigenvalue weighted by Gasteiger charge is -2.26. The molecular formula is C19H31NO. The number of amides is 1. The standard InChI is InChI=1S/C19H31NO/c1-7-10-17(18(21)20(8-2)9-3)15-11-13-16(14-12-15)19(4,5)6/h11-14,17H,7-10H2,1-6H3. The van der Waals surface area contributed by atoms with E-state index in [2.05, 4.69) is 52.0 Å². The van der Waals surface area contributed by atoms with Crippen molar-refractivity contribution in [3.05, 3.63) is 35.4 Å². The highest BCUT2D eigenvalue weighted by molar-refractivity contribution is 5.83. The van der Waals surface area contributed by atoms with Crippen molar-refractivity contribution in [2.75, 3.05) is 13.1 Å². The smallest absolute Gasteiger partial charge is 0.230 e. The van der Waals surface area contributed by atoms with Crippen molar-refractivity contribution in [2.45, 2.75) is 65.7 Å². The summed E-state index contributed by atoms with van der Waals surface area (Å²) in [7, 11) is 0. The van der Waals surface area contributed by atoms with E-state index in [4.69, 9.17) is 0 Å². The van der Waals surface area contributed by atoms with Crippen molar-refractivity contribution in [3.8, 4) is 0 Å². The summed E-state index contributed by atoms with van der Waals surface area (Å²) in [6.45, 7) is 14.5. The lowest BCUT2D eigenvalue weighted by molar-refractivity contribution is -0.132. The first-order valence-corrected chi connectivity index (χ1v) is 8.24. The highest BCUT2D eigenvalue weighted by Crippen LogP contribution is 2.28. The molecule has 1 aromatic rings. The molecule has 0 aromatic heterocycles. The summed E-state index contributed by atoms with van der Waals surface area (Å²) in [6.07, 6.45) is 1.95. The highest BCUT2D eigenvalue weighted by atomic mass is 16.2. The topological polar surface area (TPSA) is 20.3 Å². The van der Waals surface area contributed by atoms with Gasteiger partial charge in [-0.05, 0) is 36.8 Å². The normalized spacial score (nSPS) is 13.0. The number of benzene rings is 1. The van der Waals surface area contributed by atoms with Gasteiger partial charge in [0, 0.05) is 13.1 Å². The van der Waals surface area contributed by atoms with Crippen LogP contribution < -0.4 is 0 Å². The van der Waals surface area contributed by atoms with Gasteiger partial charge in [-0.15, -0.1) is 0 Å². The van der Waals surface area contributed by atoms with Gasteiger partial charge in [0.05, 0.1) is 5.92 Å². The van der Waals surface area contributed by atoms with Crippen molar-refractivity contribution in [3.63, 3.8) is 0 Å². The minimum Gasteiger partial charge on any atom is -0.343 e. The Hall–Kier alpha value is -1.31. The lowest BCUT2D eigenvalue weighted by Crippen LogP contribution is -2.34. The zero-order valence-corrected chi connectivity index (χ0v) is 14.6. The average molecular weight is 289 g/mol. The number of rotatable bonds is 6. The molecule has 118 valence electrons. The van der Waals surface area contributed by atoms with E-state index in [0.29, 0.717) is 0 Å². The maximum Gasteiger partial charge on any atom is 0.230 e. The number of carbonyl (C=O) groups is 1. The molecule has 0 aliphatic carbocycles. The van der Waals surface area contributed by atoms with Gasteiger partial charge >= 0.3 is 0 Å². The number of nitrogens with zero attached hydrogens (tertiary/aromatic N) is 1. The fraction of sp³-hybridized carbons (Fsp3) is 0.632. The first-order chi connectivity index (χ1) is 9.85. The molecule has 1 amide bonds. The molecule has 0 saturated carbocycles. The minimum atomic E-state index is 0.00363. The molecule has 0 fully saturated rings. The number of hydrogen-bond donors (Lipinski definition) is 0. The molecule has 21 heavy (non-hydrogen) atoms. The van der Waals surface area contributed by atoms with Gasteiger partial charge in [-0.1, -0.05) is 58.4 Å². The molecule has 0 heterocycles. The molecule has 1 atom stereocenters. The summed E-state index contributed by atoms with van der Waals surface area (Å²) in [5.74, 6) is 0.272. The summed E-state index contributed by atoms with van der Waals surface area (Å²) >= 11 is 0. The molecule has 0 aliphatic heterocycles. The van der Waals surface area contributed by atoms with Crippen molar-refractivity contribution in [2.24, 2.45) is 0 Å². The van der Waals surface area contributed by atoms with E-state index in [1.165, 1.54) is 5.56 Å². The van der Waals surface area contributed by atoms with Gasteiger partial charge in [-0.3, -0.25) is 4.79 Å². The van der Waals surface area contributed by atoms with E-state index in [1.807, 2.05) is 18.7 Å². The molecule has 0 radical (unpaired) electrons. The third-order valence-electron chi connectivity index (χ3n) is 4.13. The monoisotopic (exact) mass is 289 g/mol. The molecule has 2 heteroatoms. The fourth-order valence-corrected chi connectivity index (χ4v) is 2.69. The van der Waals surface area contributed by atoms with Crippen molar-refractivity contribution >= 4 is 5.91 Å². The van der Waals surface area contributed by atoms with Crippen molar-refractivity contribution in [1.82, 2.24) is 4.90 Å². The predicted octanol–water partition coefficient (Wildman–Crippen LogP) is 4.74. The van der Waals surface area contributed by atoms with Gasteiger partial charge < -0.3 is 4.90 Å². The van der Waals surface area contributed by atoms with Crippen LogP contribution in [0.1, 0.15) is 71.4 Å². The highest BCUT2D eigenvalue weighted by Gasteiger charge is 2.24. The molecule has 0 bridgehead atoms. The summed E-state index contributed by atoms with van der Waals surface area (Å²) in [5, 5.41) is 0.